The van der Waals surface area contributed by atoms with Crippen molar-refractivity contribution in [2.24, 2.45) is 0 Å². The highest BCUT2D eigenvalue weighted by Crippen LogP contribution is 2.22. The molecule has 0 saturated carbocycles. The molecule has 2 rings (SSSR count). The molecule has 76 valence electrons. The van der Waals surface area contributed by atoms with Gasteiger partial charge in [-0.2, -0.15) is 4.98 Å². The third-order valence-corrected chi connectivity index (χ3v) is 2.34. The smallest absolute Gasteiger partial charge is 0.294 e. The van der Waals surface area contributed by atoms with E-state index in [1.165, 1.54) is 6.92 Å². The normalized spacial score (nSPS) is 10.3. The molecule has 2 heterocycles. The maximum absolute atomic E-state index is 10.9. The van der Waals surface area contributed by atoms with Gasteiger partial charge in [0.15, 0.2) is 0 Å². The van der Waals surface area contributed by atoms with Gasteiger partial charge in [0.2, 0.25) is 11.6 Å². The van der Waals surface area contributed by atoms with E-state index in [4.69, 9.17) is 4.52 Å². The van der Waals surface area contributed by atoms with Gasteiger partial charge >= 0.3 is 0 Å². The number of pyridine rings is 1. The van der Waals surface area contributed by atoms with Gasteiger partial charge in [-0.15, -0.1) is 0 Å². The van der Waals surface area contributed by atoms with E-state index in [9.17, 15) is 4.79 Å². The molecule has 2 aromatic heterocycles. The zero-order chi connectivity index (χ0) is 10.8. The Bertz CT molecular complexity index is 510. The minimum absolute atomic E-state index is 0.0115. The summed E-state index contributed by atoms with van der Waals surface area (Å²) in [4.78, 5) is 18.9. The van der Waals surface area contributed by atoms with Gasteiger partial charge in [-0.25, -0.2) is 0 Å². The van der Waals surface area contributed by atoms with E-state index in [1.54, 1.807) is 12.3 Å². The Hall–Kier alpha value is -1.56. The van der Waals surface area contributed by atoms with Crippen molar-refractivity contribution in [1.29, 1.82) is 0 Å². The highest BCUT2D eigenvalue weighted by molar-refractivity contribution is 9.10. The Morgan fingerprint density at radius 2 is 2.33 bits per heavy atom. The summed E-state index contributed by atoms with van der Waals surface area (Å²) < 4.78 is 5.51. The van der Waals surface area contributed by atoms with Crippen LogP contribution in [-0.4, -0.2) is 20.9 Å². The van der Waals surface area contributed by atoms with E-state index < -0.39 is 0 Å². The number of carbonyl (C=O) groups is 1. The molecule has 2 aromatic rings. The van der Waals surface area contributed by atoms with Crippen molar-refractivity contribution < 1.29 is 9.32 Å². The van der Waals surface area contributed by atoms with Crippen LogP contribution in [0.3, 0.4) is 0 Å². The number of Topliss-reactive ketones (excluding diaryl/α,β-unsaturated/α-hetero) is 1. The predicted molar refractivity (Wildman–Crippen MR) is 55.2 cm³/mol. The molecule has 6 heteroatoms. The van der Waals surface area contributed by atoms with Crippen LogP contribution in [0.4, 0.5) is 0 Å². The number of hydrogen-bond donors (Lipinski definition) is 0. The van der Waals surface area contributed by atoms with Crippen LogP contribution in [0, 0.1) is 0 Å². The maximum atomic E-state index is 10.9. The molecule has 5 nitrogen and oxygen atoms in total. The van der Waals surface area contributed by atoms with Crippen molar-refractivity contribution in [2.75, 3.05) is 0 Å². The molecule has 0 spiro atoms. The van der Waals surface area contributed by atoms with Gasteiger partial charge in [-0.05, 0) is 28.1 Å². The van der Waals surface area contributed by atoms with Crippen molar-refractivity contribution >= 4 is 21.7 Å². The lowest BCUT2D eigenvalue weighted by Gasteiger charge is -1.94. The molecule has 0 N–H and O–H groups in total. The first-order valence-corrected chi connectivity index (χ1v) is 4.93. The van der Waals surface area contributed by atoms with Crippen LogP contribution >= 0.6 is 15.9 Å². The first kappa shape index (κ1) is 9.97. The molecule has 0 fully saturated rings. The van der Waals surface area contributed by atoms with Crippen molar-refractivity contribution in [3.8, 4) is 11.5 Å². The van der Waals surface area contributed by atoms with Gasteiger partial charge in [0.05, 0.1) is 0 Å². The average molecular weight is 268 g/mol. The summed E-state index contributed by atoms with van der Waals surface area (Å²) in [5.41, 5.74) is 0.550. The summed E-state index contributed by atoms with van der Waals surface area (Å²) in [7, 11) is 0. The first-order chi connectivity index (χ1) is 7.18. The number of aromatic nitrogens is 3. The highest BCUT2D eigenvalue weighted by atomic mass is 79.9. The molecule has 0 aliphatic heterocycles. The van der Waals surface area contributed by atoms with Crippen LogP contribution in [0.1, 0.15) is 17.6 Å². The predicted octanol–water partition coefficient (Wildman–Crippen LogP) is 2.10. The Morgan fingerprint density at radius 3 is 2.93 bits per heavy atom. The van der Waals surface area contributed by atoms with Gasteiger partial charge in [0.25, 0.3) is 5.89 Å². The minimum atomic E-state index is -0.263. The summed E-state index contributed by atoms with van der Waals surface area (Å²) in [5.74, 6) is 0.0241. The monoisotopic (exact) mass is 267 g/mol. The van der Waals surface area contributed by atoms with Crippen LogP contribution < -0.4 is 0 Å². The molecule has 0 atom stereocenters. The summed E-state index contributed by atoms with van der Waals surface area (Å²) in [5, 5.41) is 3.67. The quantitative estimate of drug-likeness (QED) is 0.780. The van der Waals surface area contributed by atoms with E-state index in [1.807, 2.05) is 6.07 Å². The van der Waals surface area contributed by atoms with Gasteiger partial charge < -0.3 is 4.52 Å². The van der Waals surface area contributed by atoms with Crippen LogP contribution in [0.5, 0.6) is 0 Å². The van der Waals surface area contributed by atoms with E-state index in [0.29, 0.717) is 11.5 Å². The summed E-state index contributed by atoms with van der Waals surface area (Å²) >= 11 is 3.31. The summed E-state index contributed by atoms with van der Waals surface area (Å²) in [6.45, 7) is 1.37. The fourth-order valence-electron chi connectivity index (χ4n) is 1.01. The first-order valence-electron chi connectivity index (χ1n) is 4.14. The average Bonchev–Trinajstić information content (AvgIpc) is 2.67. The van der Waals surface area contributed by atoms with Crippen molar-refractivity contribution in [2.45, 2.75) is 6.92 Å². The number of ketones is 1. The van der Waals surface area contributed by atoms with Gasteiger partial charge in [0.1, 0.15) is 5.69 Å². The molecule has 0 aliphatic carbocycles. The molecule has 0 aliphatic rings. The van der Waals surface area contributed by atoms with Crippen molar-refractivity contribution in [3.63, 3.8) is 0 Å². The zero-order valence-corrected chi connectivity index (χ0v) is 9.35. The lowest BCUT2D eigenvalue weighted by Crippen LogP contribution is -1.92. The fourth-order valence-corrected chi connectivity index (χ4v) is 1.45. The molecule has 0 unspecified atom stereocenters. The highest BCUT2D eigenvalue weighted by Gasteiger charge is 2.14. The van der Waals surface area contributed by atoms with E-state index in [2.05, 4.69) is 31.1 Å². The topological polar surface area (TPSA) is 68.9 Å². The number of carbonyl (C=O) groups excluding carboxylic acids is 1. The number of hydrogen-bond acceptors (Lipinski definition) is 5. The van der Waals surface area contributed by atoms with Crippen LogP contribution in [0.25, 0.3) is 11.5 Å². The lowest BCUT2D eigenvalue weighted by atomic mass is 10.3. The Labute approximate surface area is 93.7 Å². The van der Waals surface area contributed by atoms with E-state index in [0.717, 1.165) is 4.47 Å². The zero-order valence-electron chi connectivity index (χ0n) is 7.77. The van der Waals surface area contributed by atoms with Crippen molar-refractivity contribution in [1.82, 2.24) is 15.1 Å². The standard InChI is InChI=1S/C9H6BrN3O2/c1-5(14)9-12-8(13-15-9)7-6(10)3-2-4-11-7/h2-4H,1H3. The number of rotatable bonds is 2. The van der Waals surface area contributed by atoms with Gasteiger partial charge in [0, 0.05) is 17.6 Å². The Morgan fingerprint density at radius 1 is 1.53 bits per heavy atom. The molecular formula is C9H6BrN3O2. The molecule has 0 saturated heterocycles. The molecule has 0 radical (unpaired) electrons. The maximum Gasteiger partial charge on any atom is 0.294 e. The summed E-state index contributed by atoms with van der Waals surface area (Å²) in [6, 6.07) is 3.59. The van der Waals surface area contributed by atoms with E-state index >= 15 is 0 Å². The van der Waals surface area contributed by atoms with Gasteiger partial charge in [-0.3, -0.25) is 9.78 Å². The number of halogens is 1. The summed E-state index contributed by atoms with van der Waals surface area (Å²) in [6.07, 6.45) is 1.61. The van der Waals surface area contributed by atoms with Crippen molar-refractivity contribution in [3.05, 3.63) is 28.7 Å². The third kappa shape index (κ3) is 1.94. The number of nitrogens with zero attached hydrogens (tertiary/aromatic N) is 3. The molecule has 0 bridgehead atoms. The Balaban J connectivity index is 2.46. The van der Waals surface area contributed by atoms with Crippen LogP contribution in [-0.2, 0) is 0 Å². The Kier molecular flexibility index (Phi) is 2.59. The largest absolute Gasteiger partial charge is 0.330 e. The lowest BCUT2D eigenvalue weighted by molar-refractivity contribution is 0.0972. The molecular weight excluding hydrogens is 262 g/mol. The molecule has 15 heavy (non-hydrogen) atoms. The van der Waals surface area contributed by atoms with Crippen LogP contribution in [0.15, 0.2) is 27.3 Å². The second-order valence-electron chi connectivity index (χ2n) is 2.81. The van der Waals surface area contributed by atoms with E-state index in [-0.39, 0.29) is 11.7 Å². The SMILES string of the molecule is CC(=O)c1nc(-c2ncccc2Br)no1. The molecule has 0 amide bonds. The second kappa shape index (κ2) is 3.90. The fraction of sp³-hybridized carbons (Fsp3) is 0.111. The second-order valence-corrected chi connectivity index (χ2v) is 3.67. The molecule has 0 aromatic carbocycles. The van der Waals surface area contributed by atoms with Crippen LogP contribution in [0.2, 0.25) is 0 Å². The third-order valence-electron chi connectivity index (χ3n) is 1.70. The van der Waals surface area contributed by atoms with Gasteiger partial charge in [-0.1, -0.05) is 5.16 Å². The minimum Gasteiger partial charge on any atom is -0.330 e.